The van der Waals surface area contributed by atoms with Crippen LogP contribution in [0.1, 0.15) is 22.8 Å². The van der Waals surface area contributed by atoms with Gasteiger partial charge in [0.05, 0.1) is 6.10 Å². The van der Waals surface area contributed by atoms with E-state index in [-0.39, 0.29) is 5.82 Å². The molecule has 25 heavy (non-hydrogen) atoms. The molecule has 1 atom stereocenters. The van der Waals surface area contributed by atoms with Crippen LogP contribution in [0.5, 0.6) is 5.75 Å². The molecule has 3 rings (SSSR count). The molecule has 1 heterocycles. The number of aliphatic hydroxyl groups is 1. The van der Waals surface area contributed by atoms with Gasteiger partial charge in [-0.2, -0.15) is 0 Å². The number of nitrogens with zero attached hydrogens (tertiary/aromatic N) is 2. The van der Waals surface area contributed by atoms with Crippen LogP contribution in [0.4, 0.5) is 4.39 Å². The van der Waals surface area contributed by atoms with Crippen molar-refractivity contribution in [2.24, 2.45) is 0 Å². The van der Waals surface area contributed by atoms with Gasteiger partial charge in [-0.3, -0.25) is 9.80 Å². The van der Waals surface area contributed by atoms with Gasteiger partial charge in [0.25, 0.3) is 0 Å². The number of rotatable bonds is 5. The third kappa shape index (κ3) is 4.78. The van der Waals surface area contributed by atoms with Gasteiger partial charge in [-0.25, -0.2) is 4.39 Å². The number of hydrogen-bond acceptors (Lipinski definition) is 4. The molecule has 1 aliphatic heterocycles. The third-order valence-electron chi connectivity index (χ3n) is 4.80. The monoisotopic (exact) mass is 344 g/mol. The number of β-amino-alcohol motifs (C(OH)–C–C–N with tert-alkyl or cyclic N) is 1. The third-order valence-corrected chi connectivity index (χ3v) is 4.80. The molecule has 1 fully saturated rings. The highest BCUT2D eigenvalue weighted by Gasteiger charge is 2.21. The summed E-state index contributed by atoms with van der Waals surface area (Å²) in [5, 5.41) is 20.0. The summed E-state index contributed by atoms with van der Waals surface area (Å²) in [6.45, 7) is 6.82. The smallest absolute Gasteiger partial charge is 0.123 e. The molecular weight excluding hydrogens is 319 g/mol. The maximum atomic E-state index is 13.2. The van der Waals surface area contributed by atoms with Crippen molar-refractivity contribution in [1.82, 2.24) is 9.80 Å². The molecule has 0 amide bonds. The molecule has 0 radical (unpaired) electrons. The Morgan fingerprint density at radius 3 is 2.44 bits per heavy atom. The van der Waals surface area contributed by atoms with Crippen LogP contribution in [0, 0.1) is 12.7 Å². The van der Waals surface area contributed by atoms with Gasteiger partial charge in [-0.15, -0.1) is 0 Å². The normalized spacial score (nSPS) is 17.6. The van der Waals surface area contributed by atoms with E-state index in [1.165, 1.54) is 12.1 Å². The number of phenols is 1. The fraction of sp³-hybridized carbons (Fsp3) is 0.400. The van der Waals surface area contributed by atoms with Crippen LogP contribution in [0.3, 0.4) is 0 Å². The summed E-state index contributed by atoms with van der Waals surface area (Å²) in [7, 11) is 0. The zero-order valence-electron chi connectivity index (χ0n) is 14.5. The molecule has 2 N–H and O–H groups in total. The Bertz CT molecular complexity index is 715. The summed E-state index contributed by atoms with van der Waals surface area (Å²) in [5.41, 5.74) is 2.69. The minimum Gasteiger partial charge on any atom is -0.508 e. The number of halogens is 1. The fourth-order valence-corrected chi connectivity index (χ4v) is 3.40. The van der Waals surface area contributed by atoms with E-state index in [2.05, 4.69) is 9.80 Å². The molecule has 0 spiro atoms. The van der Waals surface area contributed by atoms with Gasteiger partial charge in [0.1, 0.15) is 11.6 Å². The van der Waals surface area contributed by atoms with Gasteiger partial charge in [0.2, 0.25) is 0 Å². The van der Waals surface area contributed by atoms with Crippen molar-refractivity contribution < 1.29 is 14.6 Å². The summed E-state index contributed by atoms with van der Waals surface area (Å²) in [5.74, 6) is 0.0305. The maximum absolute atomic E-state index is 13.2. The lowest BCUT2D eigenvalue weighted by Gasteiger charge is -2.35. The second-order valence-electron chi connectivity index (χ2n) is 6.76. The Balaban J connectivity index is 1.50. The predicted octanol–water partition coefficient (Wildman–Crippen LogP) is 2.69. The number of hydrogen-bond donors (Lipinski definition) is 2. The van der Waals surface area contributed by atoms with E-state index in [4.69, 9.17) is 0 Å². The van der Waals surface area contributed by atoms with Crippen molar-refractivity contribution in [2.45, 2.75) is 19.6 Å². The van der Waals surface area contributed by atoms with Crippen molar-refractivity contribution in [3.05, 3.63) is 65.0 Å². The Kier molecular flexibility index (Phi) is 5.68. The topological polar surface area (TPSA) is 46.9 Å². The Labute approximate surface area is 148 Å². The largest absolute Gasteiger partial charge is 0.508 e. The highest BCUT2D eigenvalue weighted by molar-refractivity contribution is 5.29. The minimum atomic E-state index is -0.599. The zero-order chi connectivity index (χ0) is 17.8. The predicted molar refractivity (Wildman–Crippen MR) is 95.9 cm³/mol. The average molecular weight is 344 g/mol. The van der Waals surface area contributed by atoms with Crippen molar-refractivity contribution in [3.8, 4) is 5.75 Å². The number of piperazine rings is 1. The van der Waals surface area contributed by atoms with E-state index in [1.807, 2.05) is 19.1 Å². The van der Waals surface area contributed by atoms with E-state index in [0.717, 1.165) is 49.4 Å². The first-order chi connectivity index (χ1) is 12.0. The van der Waals surface area contributed by atoms with Crippen LogP contribution in [0.25, 0.3) is 0 Å². The minimum absolute atomic E-state index is 0.269. The molecule has 2 aromatic carbocycles. The van der Waals surface area contributed by atoms with Gasteiger partial charge in [0.15, 0.2) is 0 Å². The summed E-state index contributed by atoms with van der Waals surface area (Å²) in [6, 6.07) is 11.9. The second kappa shape index (κ2) is 7.95. The second-order valence-corrected chi connectivity index (χ2v) is 6.76. The van der Waals surface area contributed by atoms with E-state index in [0.29, 0.717) is 12.3 Å². The quantitative estimate of drug-likeness (QED) is 0.876. The van der Waals surface area contributed by atoms with E-state index < -0.39 is 6.10 Å². The molecule has 134 valence electrons. The molecule has 1 unspecified atom stereocenters. The van der Waals surface area contributed by atoms with E-state index >= 15 is 0 Å². The first kappa shape index (κ1) is 17.9. The number of aryl methyl sites for hydroxylation is 1. The highest BCUT2D eigenvalue weighted by atomic mass is 19.1. The van der Waals surface area contributed by atoms with Gasteiger partial charge in [-0.05, 0) is 47.9 Å². The molecule has 0 saturated carbocycles. The van der Waals surface area contributed by atoms with Gasteiger partial charge < -0.3 is 10.2 Å². The molecular formula is C20H25FN2O2. The number of aliphatic hydroxyl groups excluding tert-OH is 1. The number of benzene rings is 2. The van der Waals surface area contributed by atoms with Crippen LogP contribution in [-0.4, -0.2) is 52.7 Å². The van der Waals surface area contributed by atoms with Crippen molar-refractivity contribution >= 4 is 0 Å². The van der Waals surface area contributed by atoms with Crippen LogP contribution in [-0.2, 0) is 6.54 Å². The Morgan fingerprint density at radius 1 is 1.04 bits per heavy atom. The number of aromatic hydroxyl groups is 1. The molecule has 0 bridgehead atoms. The molecule has 0 aliphatic carbocycles. The van der Waals surface area contributed by atoms with Gasteiger partial charge >= 0.3 is 0 Å². The lowest BCUT2D eigenvalue weighted by Crippen LogP contribution is -2.47. The fourth-order valence-electron chi connectivity index (χ4n) is 3.40. The Morgan fingerprint density at radius 2 is 1.76 bits per heavy atom. The first-order valence-corrected chi connectivity index (χ1v) is 8.68. The average Bonchev–Trinajstić information content (AvgIpc) is 2.56. The summed E-state index contributed by atoms with van der Waals surface area (Å²) >= 11 is 0. The van der Waals surface area contributed by atoms with Crippen LogP contribution in [0.2, 0.25) is 0 Å². The zero-order valence-corrected chi connectivity index (χ0v) is 14.5. The molecule has 4 nitrogen and oxygen atoms in total. The highest BCUT2D eigenvalue weighted by Crippen LogP contribution is 2.21. The van der Waals surface area contributed by atoms with Crippen LogP contribution in [0.15, 0.2) is 42.5 Å². The summed E-state index contributed by atoms with van der Waals surface area (Å²) in [4.78, 5) is 4.59. The summed E-state index contributed by atoms with van der Waals surface area (Å²) in [6.07, 6.45) is -0.599. The van der Waals surface area contributed by atoms with Gasteiger partial charge in [0, 0.05) is 39.3 Å². The lowest BCUT2D eigenvalue weighted by atomic mass is 10.0. The molecule has 2 aromatic rings. The first-order valence-electron chi connectivity index (χ1n) is 8.68. The van der Waals surface area contributed by atoms with Crippen LogP contribution < -0.4 is 0 Å². The number of phenolic OH excluding ortho intramolecular Hbond substituents is 1. The van der Waals surface area contributed by atoms with Crippen molar-refractivity contribution in [1.29, 1.82) is 0 Å². The van der Waals surface area contributed by atoms with Crippen molar-refractivity contribution in [3.63, 3.8) is 0 Å². The maximum Gasteiger partial charge on any atom is 0.123 e. The molecule has 5 heteroatoms. The van der Waals surface area contributed by atoms with Crippen molar-refractivity contribution in [2.75, 3.05) is 32.7 Å². The SMILES string of the molecule is Cc1cc(F)ccc1C(O)CN1CCN(Cc2cccc(O)c2)CC1. The van der Waals surface area contributed by atoms with Crippen LogP contribution >= 0.6 is 0 Å². The van der Waals surface area contributed by atoms with E-state index in [9.17, 15) is 14.6 Å². The molecule has 1 aliphatic rings. The standard InChI is InChI=1S/C20H25FN2O2/c1-15-11-17(21)5-6-19(15)20(25)14-23-9-7-22(8-10-23)13-16-3-2-4-18(24)12-16/h2-6,11-12,20,24-25H,7-10,13-14H2,1H3. The van der Waals surface area contributed by atoms with E-state index in [1.54, 1.807) is 18.2 Å². The van der Waals surface area contributed by atoms with Gasteiger partial charge in [-0.1, -0.05) is 18.2 Å². The molecule has 1 saturated heterocycles. The Hall–Kier alpha value is -1.95. The molecule has 0 aromatic heterocycles. The lowest BCUT2D eigenvalue weighted by molar-refractivity contribution is 0.0698. The summed E-state index contributed by atoms with van der Waals surface area (Å²) < 4.78 is 13.2.